The van der Waals surface area contributed by atoms with Gasteiger partial charge in [0, 0.05) is 19.0 Å². The molecule has 1 saturated heterocycles. The van der Waals surface area contributed by atoms with Gasteiger partial charge in [-0.3, -0.25) is 4.90 Å². The van der Waals surface area contributed by atoms with Crippen LogP contribution in [0.25, 0.3) is 0 Å². The minimum atomic E-state index is 0. The number of aryl methyl sites for hydroxylation is 1. The van der Waals surface area contributed by atoms with Gasteiger partial charge < -0.3 is 10.3 Å². The summed E-state index contributed by atoms with van der Waals surface area (Å²) in [5.74, 6) is 2.17. The molecule has 0 amide bonds. The Labute approximate surface area is 115 Å². The number of aromatic nitrogens is 2. The van der Waals surface area contributed by atoms with Crippen LogP contribution < -0.4 is 5.73 Å². The molecule has 0 spiro atoms. The number of hydrogen-bond acceptors (Lipinski definition) is 5. The van der Waals surface area contributed by atoms with Crippen molar-refractivity contribution in [2.45, 2.75) is 45.7 Å². The number of nitrogens with two attached hydrogens (primary N) is 1. The topological polar surface area (TPSA) is 68.2 Å². The zero-order valence-corrected chi connectivity index (χ0v) is 11.9. The van der Waals surface area contributed by atoms with E-state index in [2.05, 4.69) is 28.9 Å². The molecule has 6 heteroatoms. The number of nitrogens with zero attached hydrogens (tertiary/aromatic N) is 3. The van der Waals surface area contributed by atoms with Crippen molar-refractivity contribution in [3.05, 3.63) is 11.7 Å². The number of hydrogen-bond donors (Lipinski definition) is 1. The molecule has 1 aromatic rings. The third-order valence-corrected chi connectivity index (χ3v) is 3.39. The summed E-state index contributed by atoms with van der Waals surface area (Å²) in [6.45, 7) is 7.12. The number of rotatable bonds is 5. The zero-order chi connectivity index (χ0) is 12.3. The van der Waals surface area contributed by atoms with Gasteiger partial charge in [0.25, 0.3) is 0 Å². The van der Waals surface area contributed by atoms with Crippen molar-refractivity contribution in [2.24, 2.45) is 11.7 Å². The Kier molecular flexibility index (Phi) is 6.05. The molecular weight excluding hydrogens is 252 g/mol. The van der Waals surface area contributed by atoms with Crippen molar-refractivity contribution in [2.75, 3.05) is 13.1 Å². The van der Waals surface area contributed by atoms with E-state index < -0.39 is 0 Å². The van der Waals surface area contributed by atoms with Crippen LogP contribution in [0.3, 0.4) is 0 Å². The quantitative estimate of drug-likeness (QED) is 0.884. The minimum absolute atomic E-state index is 0. The summed E-state index contributed by atoms with van der Waals surface area (Å²) in [6.07, 6.45) is 3.09. The van der Waals surface area contributed by atoms with Gasteiger partial charge in [-0.1, -0.05) is 12.1 Å². The molecule has 2 unspecified atom stereocenters. The van der Waals surface area contributed by atoms with Crippen LogP contribution in [0.5, 0.6) is 0 Å². The van der Waals surface area contributed by atoms with Gasteiger partial charge in [0.05, 0.1) is 6.54 Å². The Bertz CT molecular complexity index is 356. The van der Waals surface area contributed by atoms with E-state index in [0.29, 0.717) is 5.92 Å². The average molecular weight is 275 g/mol. The largest absolute Gasteiger partial charge is 0.339 e. The van der Waals surface area contributed by atoms with Crippen molar-refractivity contribution in [1.82, 2.24) is 15.0 Å². The maximum absolute atomic E-state index is 5.92. The summed E-state index contributed by atoms with van der Waals surface area (Å²) in [5, 5.41) is 4.01. The van der Waals surface area contributed by atoms with Crippen molar-refractivity contribution in [1.29, 1.82) is 0 Å². The van der Waals surface area contributed by atoms with Crippen molar-refractivity contribution in [3.63, 3.8) is 0 Å². The van der Waals surface area contributed by atoms with Gasteiger partial charge in [-0.25, -0.2) is 0 Å². The van der Waals surface area contributed by atoms with Gasteiger partial charge in [0.1, 0.15) is 0 Å². The molecule has 5 nitrogen and oxygen atoms in total. The molecule has 1 aromatic heterocycles. The molecule has 2 rings (SSSR count). The second-order valence-electron chi connectivity index (χ2n) is 5.00. The van der Waals surface area contributed by atoms with Crippen molar-refractivity contribution >= 4 is 12.4 Å². The Morgan fingerprint density at radius 1 is 1.56 bits per heavy atom. The SMILES string of the molecule is CCCc1nc(CN2CCC(C(C)N)C2)no1.Cl. The minimum Gasteiger partial charge on any atom is -0.339 e. The molecule has 1 aliphatic heterocycles. The highest BCUT2D eigenvalue weighted by Gasteiger charge is 2.26. The molecule has 2 N–H and O–H groups in total. The van der Waals surface area contributed by atoms with Crippen LogP contribution >= 0.6 is 12.4 Å². The molecule has 0 radical (unpaired) electrons. The second-order valence-corrected chi connectivity index (χ2v) is 5.00. The third-order valence-electron chi connectivity index (χ3n) is 3.39. The summed E-state index contributed by atoms with van der Waals surface area (Å²) in [5.41, 5.74) is 5.92. The summed E-state index contributed by atoms with van der Waals surface area (Å²) in [7, 11) is 0. The summed E-state index contributed by atoms with van der Waals surface area (Å²) in [6, 6.07) is 0.279. The lowest BCUT2D eigenvalue weighted by molar-refractivity contribution is 0.292. The first-order valence-electron chi connectivity index (χ1n) is 6.48. The molecule has 1 fully saturated rings. The fraction of sp³-hybridized carbons (Fsp3) is 0.833. The highest BCUT2D eigenvalue weighted by Crippen LogP contribution is 2.19. The van der Waals surface area contributed by atoms with E-state index in [0.717, 1.165) is 44.2 Å². The van der Waals surface area contributed by atoms with Gasteiger partial charge in [-0.15, -0.1) is 12.4 Å². The summed E-state index contributed by atoms with van der Waals surface area (Å²) in [4.78, 5) is 6.74. The predicted molar refractivity (Wildman–Crippen MR) is 72.6 cm³/mol. The Morgan fingerprint density at radius 2 is 2.33 bits per heavy atom. The molecule has 0 saturated carbocycles. The van der Waals surface area contributed by atoms with E-state index in [1.807, 2.05) is 0 Å². The standard InChI is InChI=1S/C12H22N4O.ClH/c1-3-4-12-14-11(15-17-12)8-16-6-5-10(7-16)9(2)13;/h9-10H,3-8,13H2,1-2H3;1H. The van der Waals surface area contributed by atoms with Gasteiger partial charge in [0.2, 0.25) is 5.89 Å². The Hall–Kier alpha value is -0.650. The molecule has 0 aromatic carbocycles. The summed E-state index contributed by atoms with van der Waals surface area (Å²) >= 11 is 0. The Balaban J connectivity index is 0.00000162. The normalized spacial score (nSPS) is 21.8. The first-order valence-corrected chi connectivity index (χ1v) is 6.48. The number of halogens is 1. The van der Waals surface area contributed by atoms with E-state index >= 15 is 0 Å². The highest BCUT2D eigenvalue weighted by molar-refractivity contribution is 5.85. The van der Waals surface area contributed by atoms with Crippen LogP contribution in [0.2, 0.25) is 0 Å². The van der Waals surface area contributed by atoms with Gasteiger partial charge >= 0.3 is 0 Å². The lowest BCUT2D eigenvalue weighted by atomic mass is 10.0. The smallest absolute Gasteiger partial charge is 0.226 e. The molecule has 2 heterocycles. The van der Waals surface area contributed by atoms with Crippen LogP contribution in [0.4, 0.5) is 0 Å². The van der Waals surface area contributed by atoms with Crippen LogP contribution in [0, 0.1) is 5.92 Å². The van der Waals surface area contributed by atoms with Crippen LogP contribution in [-0.2, 0) is 13.0 Å². The Morgan fingerprint density at radius 3 is 2.94 bits per heavy atom. The van der Waals surface area contributed by atoms with E-state index in [-0.39, 0.29) is 18.4 Å². The van der Waals surface area contributed by atoms with Crippen molar-refractivity contribution < 1.29 is 4.52 Å². The van der Waals surface area contributed by atoms with Crippen LogP contribution in [0.15, 0.2) is 4.52 Å². The van der Waals surface area contributed by atoms with E-state index in [4.69, 9.17) is 10.3 Å². The van der Waals surface area contributed by atoms with Gasteiger partial charge in [-0.05, 0) is 32.2 Å². The van der Waals surface area contributed by atoms with Crippen molar-refractivity contribution in [3.8, 4) is 0 Å². The third kappa shape index (κ3) is 3.93. The maximum Gasteiger partial charge on any atom is 0.226 e. The molecule has 1 aliphatic rings. The van der Waals surface area contributed by atoms with E-state index in [9.17, 15) is 0 Å². The fourth-order valence-electron chi connectivity index (χ4n) is 2.31. The fourth-order valence-corrected chi connectivity index (χ4v) is 2.31. The van der Waals surface area contributed by atoms with Crippen LogP contribution in [-0.4, -0.2) is 34.2 Å². The predicted octanol–water partition coefficient (Wildman–Crippen LogP) is 1.61. The maximum atomic E-state index is 5.92. The second kappa shape index (κ2) is 7.07. The first-order chi connectivity index (χ1) is 8.19. The van der Waals surface area contributed by atoms with E-state index in [1.54, 1.807) is 0 Å². The average Bonchev–Trinajstić information content (AvgIpc) is 2.89. The molecular formula is C12H23ClN4O. The lowest BCUT2D eigenvalue weighted by Gasteiger charge is -2.15. The molecule has 18 heavy (non-hydrogen) atoms. The molecule has 0 aliphatic carbocycles. The molecule has 0 bridgehead atoms. The molecule has 2 atom stereocenters. The van der Waals surface area contributed by atoms with Gasteiger partial charge in [0.15, 0.2) is 5.82 Å². The first kappa shape index (κ1) is 15.4. The highest BCUT2D eigenvalue weighted by atomic mass is 35.5. The lowest BCUT2D eigenvalue weighted by Crippen LogP contribution is -2.29. The number of likely N-dealkylation sites (tertiary alicyclic amines) is 1. The summed E-state index contributed by atoms with van der Waals surface area (Å²) < 4.78 is 5.18. The van der Waals surface area contributed by atoms with Crippen LogP contribution in [0.1, 0.15) is 38.4 Å². The van der Waals surface area contributed by atoms with Gasteiger partial charge in [-0.2, -0.15) is 4.98 Å². The molecule has 104 valence electrons. The van der Waals surface area contributed by atoms with E-state index in [1.165, 1.54) is 6.42 Å². The zero-order valence-electron chi connectivity index (χ0n) is 11.1. The monoisotopic (exact) mass is 274 g/mol.